The minimum absolute atomic E-state index is 0.143. The molecule has 0 radical (unpaired) electrons. The summed E-state index contributed by atoms with van der Waals surface area (Å²) in [5.41, 5.74) is 1.00. The summed E-state index contributed by atoms with van der Waals surface area (Å²) in [5.74, 6) is -1.39. The van der Waals surface area contributed by atoms with E-state index in [4.69, 9.17) is 4.74 Å². The maximum atomic E-state index is 13.3. The van der Waals surface area contributed by atoms with E-state index in [0.717, 1.165) is 4.47 Å². The molecule has 1 amide bonds. The number of methoxy groups -OCH3 is 1. The first kappa shape index (κ1) is 17.1. The summed E-state index contributed by atoms with van der Waals surface area (Å²) in [4.78, 5) is 24.2. The predicted molar refractivity (Wildman–Crippen MR) is 87.5 cm³/mol. The third-order valence-electron chi connectivity index (χ3n) is 3.21. The molecule has 0 heterocycles. The largest absolute Gasteiger partial charge is 0.467 e. The van der Waals surface area contributed by atoms with Crippen LogP contribution in [-0.2, 0) is 16.0 Å². The van der Waals surface area contributed by atoms with Gasteiger partial charge in [-0.25, -0.2) is 9.18 Å². The highest BCUT2D eigenvalue weighted by Crippen LogP contribution is 2.13. The molecule has 2 rings (SSSR count). The van der Waals surface area contributed by atoms with Crippen molar-refractivity contribution in [1.29, 1.82) is 0 Å². The summed E-state index contributed by atoms with van der Waals surface area (Å²) < 4.78 is 18.7. The number of amides is 1. The van der Waals surface area contributed by atoms with Crippen LogP contribution >= 0.6 is 15.9 Å². The fourth-order valence-electron chi connectivity index (χ4n) is 2.11. The molecule has 0 aliphatic heterocycles. The van der Waals surface area contributed by atoms with Gasteiger partial charge in [0.1, 0.15) is 11.9 Å². The number of carbonyl (C=O) groups is 2. The minimum atomic E-state index is -0.895. The summed E-state index contributed by atoms with van der Waals surface area (Å²) >= 11 is 3.29. The summed E-state index contributed by atoms with van der Waals surface area (Å²) in [5, 5.41) is 2.62. The van der Waals surface area contributed by atoms with E-state index < -0.39 is 23.7 Å². The van der Waals surface area contributed by atoms with Gasteiger partial charge < -0.3 is 10.1 Å². The summed E-state index contributed by atoms with van der Waals surface area (Å²) in [6, 6.07) is 11.8. The number of hydrogen-bond donors (Lipinski definition) is 1. The Morgan fingerprint density at radius 2 is 1.96 bits per heavy atom. The van der Waals surface area contributed by atoms with Crippen LogP contribution < -0.4 is 5.32 Å². The van der Waals surface area contributed by atoms with Gasteiger partial charge in [0, 0.05) is 16.5 Å². The molecule has 0 fully saturated rings. The molecule has 120 valence electrons. The van der Waals surface area contributed by atoms with Crippen LogP contribution in [0.2, 0.25) is 0 Å². The van der Waals surface area contributed by atoms with Crippen molar-refractivity contribution in [3.63, 3.8) is 0 Å². The molecule has 1 N–H and O–H groups in total. The van der Waals surface area contributed by atoms with Gasteiger partial charge in [0.15, 0.2) is 0 Å². The van der Waals surface area contributed by atoms with Gasteiger partial charge in [-0.3, -0.25) is 4.79 Å². The second-order valence-electron chi connectivity index (χ2n) is 4.89. The van der Waals surface area contributed by atoms with Crippen molar-refractivity contribution in [2.24, 2.45) is 0 Å². The Hall–Kier alpha value is -2.21. The highest BCUT2D eigenvalue weighted by molar-refractivity contribution is 9.10. The highest BCUT2D eigenvalue weighted by atomic mass is 79.9. The summed E-state index contributed by atoms with van der Waals surface area (Å²) in [7, 11) is 1.24. The number of ether oxygens (including phenoxy) is 1. The molecule has 0 aromatic heterocycles. The fraction of sp³-hybridized carbons (Fsp3) is 0.176. The second kappa shape index (κ2) is 7.87. The van der Waals surface area contributed by atoms with Crippen LogP contribution in [0, 0.1) is 5.82 Å². The lowest BCUT2D eigenvalue weighted by Crippen LogP contribution is -2.43. The minimum Gasteiger partial charge on any atom is -0.467 e. The van der Waals surface area contributed by atoms with Gasteiger partial charge in [-0.2, -0.15) is 0 Å². The van der Waals surface area contributed by atoms with Gasteiger partial charge in [-0.05, 0) is 35.9 Å². The third-order valence-corrected chi connectivity index (χ3v) is 3.70. The van der Waals surface area contributed by atoms with Gasteiger partial charge in [-0.15, -0.1) is 0 Å². The number of hydrogen-bond acceptors (Lipinski definition) is 3. The van der Waals surface area contributed by atoms with Crippen molar-refractivity contribution in [1.82, 2.24) is 5.32 Å². The van der Waals surface area contributed by atoms with Crippen LogP contribution in [0.25, 0.3) is 0 Å². The molecule has 1 atom stereocenters. The van der Waals surface area contributed by atoms with E-state index >= 15 is 0 Å². The molecule has 4 nitrogen and oxygen atoms in total. The lowest BCUT2D eigenvalue weighted by molar-refractivity contribution is -0.142. The Balaban J connectivity index is 2.15. The Labute approximate surface area is 141 Å². The summed E-state index contributed by atoms with van der Waals surface area (Å²) in [6.07, 6.45) is 0.143. The Kier molecular flexibility index (Phi) is 5.87. The van der Waals surface area contributed by atoms with Crippen LogP contribution in [0.1, 0.15) is 15.9 Å². The number of esters is 1. The van der Waals surface area contributed by atoms with E-state index in [0.29, 0.717) is 11.1 Å². The van der Waals surface area contributed by atoms with Crippen molar-refractivity contribution in [2.45, 2.75) is 12.5 Å². The number of rotatable bonds is 5. The Bertz CT molecular complexity index is 720. The molecule has 0 spiro atoms. The van der Waals surface area contributed by atoms with E-state index in [-0.39, 0.29) is 6.42 Å². The highest BCUT2D eigenvalue weighted by Gasteiger charge is 2.22. The normalized spacial score (nSPS) is 11.6. The van der Waals surface area contributed by atoms with E-state index in [1.807, 2.05) is 0 Å². The van der Waals surface area contributed by atoms with E-state index in [1.54, 1.807) is 36.4 Å². The number of carbonyl (C=O) groups excluding carboxylic acids is 2. The third kappa shape index (κ3) is 4.89. The van der Waals surface area contributed by atoms with Crippen LogP contribution in [0.3, 0.4) is 0 Å². The van der Waals surface area contributed by atoms with Crippen LogP contribution in [-0.4, -0.2) is 25.0 Å². The van der Waals surface area contributed by atoms with Gasteiger partial charge in [0.2, 0.25) is 0 Å². The fourth-order valence-corrected chi connectivity index (χ4v) is 2.51. The Morgan fingerprint density at radius 3 is 2.61 bits per heavy atom. The van der Waals surface area contributed by atoms with E-state index in [1.165, 1.54) is 19.2 Å². The molecule has 23 heavy (non-hydrogen) atoms. The quantitative estimate of drug-likeness (QED) is 0.812. The lowest BCUT2D eigenvalue weighted by Gasteiger charge is -2.17. The average molecular weight is 380 g/mol. The number of halogens is 2. The monoisotopic (exact) mass is 379 g/mol. The lowest BCUT2D eigenvalue weighted by atomic mass is 10.1. The second-order valence-corrected chi connectivity index (χ2v) is 5.81. The van der Waals surface area contributed by atoms with Gasteiger partial charge in [0.05, 0.1) is 7.11 Å². The first-order valence-electron chi connectivity index (χ1n) is 6.88. The molecule has 0 saturated carbocycles. The topological polar surface area (TPSA) is 55.4 Å². The zero-order valence-electron chi connectivity index (χ0n) is 12.4. The van der Waals surface area contributed by atoms with Crippen molar-refractivity contribution in [2.75, 3.05) is 7.11 Å². The van der Waals surface area contributed by atoms with Crippen molar-refractivity contribution < 1.29 is 18.7 Å². The predicted octanol–water partition coefficient (Wildman–Crippen LogP) is 3.10. The van der Waals surface area contributed by atoms with Crippen molar-refractivity contribution in [3.05, 3.63) is 69.9 Å². The zero-order valence-corrected chi connectivity index (χ0v) is 14.0. The number of benzene rings is 2. The van der Waals surface area contributed by atoms with E-state index in [9.17, 15) is 14.0 Å². The maximum Gasteiger partial charge on any atom is 0.328 e. The molecular weight excluding hydrogens is 365 g/mol. The molecule has 2 aromatic rings. The molecule has 6 heteroatoms. The Morgan fingerprint density at radius 1 is 1.22 bits per heavy atom. The first-order chi connectivity index (χ1) is 11.0. The van der Waals surface area contributed by atoms with Gasteiger partial charge in [0.25, 0.3) is 5.91 Å². The SMILES string of the molecule is COC(=O)[C@H](Cc1cccc(F)c1)NC(=O)c1cccc(Br)c1. The molecule has 0 unspecified atom stereocenters. The van der Waals surface area contributed by atoms with E-state index in [2.05, 4.69) is 21.2 Å². The average Bonchev–Trinajstić information content (AvgIpc) is 2.53. The van der Waals surface area contributed by atoms with Crippen LogP contribution in [0.15, 0.2) is 53.0 Å². The molecule has 0 bridgehead atoms. The molecule has 0 aliphatic rings. The van der Waals surface area contributed by atoms with Gasteiger partial charge in [-0.1, -0.05) is 34.1 Å². The van der Waals surface area contributed by atoms with Crippen molar-refractivity contribution >= 4 is 27.8 Å². The summed E-state index contributed by atoms with van der Waals surface area (Å²) in [6.45, 7) is 0. The molecule has 0 aliphatic carbocycles. The van der Waals surface area contributed by atoms with Crippen molar-refractivity contribution in [3.8, 4) is 0 Å². The zero-order chi connectivity index (χ0) is 16.8. The molecule has 2 aromatic carbocycles. The smallest absolute Gasteiger partial charge is 0.328 e. The number of nitrogens with one attached hydrogen (secondary N) is 1. The standard InChI is InChI=1S/C17H15BrFNO3/c1-23-17(22)15(9-11-4-2-7-14(19)8-11)20-16(21)12-5-3-6-13(18)10-12/h2-8,10,15H,9H2,1H3,(H,20,21)/t15-/m0/s1. The van der Waals surface area contributed by atoms with Crippen LogP contribution in [0.4, 0.5) is 4.39 Å². The van der Waals surface area contributed by atoms with Crippen LogP contribution in [0.5, 0.6) is 0 Å². The molecular formula is C17H15BrFNO3. The van der Waals surface area contributed by atoms with Gasteiger partial charge >= 0.3 is 5.97 Å². The molecule has 0 saturated heterocycles. The first-order valence-corrected chi connectivity index (χ1v) is 7.67. The maximum absolute atomic E-state index is 13.3.